The van der Waals surface area contributed by atoms with Crippen molar-refractivity contribution in [1.82, 2.24) is 14.9 Å². The number of imidazole rings is 1. The quantitative estimate of drug-likeness (QED) is 0.793. The normalized spacial score (nSPS) is 23.3. The highest BCUT2D eigenvalue weighted by Crippen LogP contribution is 2.21. The molecular formula is C11H14BN3O3. The van der Waals surface area contributed by atoms with Gasteiger partial charge in [0.15, 0.2) is 5.81 Å². The molecule has 0 spiro atoms. The van der Waals surface area contributed by atoms with Crippen LogP contribution in [0, 0.1) is 0 Å². The molecule has 1 aromatic heterocycles. The van der Waals surface area contributed by atoms with E-state index in [2.05, 4.69) is 10.3 Å². The number of aromatic nitrogens is 2. The molecule has 6 nitrogen and oxygen atoms in total. The highest BCUT2D eigenvalue weighted by atomic mass is 16.6. The zero-order chi connectivity index (χ0) is 13.0. The Bertz CT molecular complexity index is 413. The van der Waals surface area contributed by atoms with Crippen LogP contribution in [0.5, 0.6) is 0 Å². The standard InChI is InChI=1S/C11H14BN3O3/c12-10(16)14-8-1-3-9(4-2-8)18-11(17)15-6-5-13-7-15/h5-9H,1-4H2,(H,14,16). The second-order valence-corrected chi connectivity index (χ2v) is 4.34. The fourth-order valence-corrected chi connectivity index (χ4v) is 2.10. The van der Waals surface area contributed by atoms with Gasteiger partial charge in [-0.05, 0) is 25.7 Å². The first-order chi connectivity index (χ1) is 8.65. The highest BCUT2D eigenvalue weighted by Gasteiger charge is 2.24. The molecule has 2 radical (unpaired) electrons. The highest BCUT2D eigenvalue weighted by molar-refractivity contribution is 6.57. The molecule has 7 heteroatoms. The maximum Gasteiger partial charge on any atom is 0.419 e. The molecule has 0 saturated heterocycles. The van der Waals surface area contributed by atoms with Crippen LogP contribution in [0.1, 0.15) is 25.7 Å². The van der Waals surface area contributed by atoms with Crippen LogP contribution >= 0.6 is 0 Å². The first kappa shape index (κ1) is 12.7. The van der Waals surface area contributed by atoms with Crippen molar-refractivity contribution in [2.75, 3.05) is 0 Å². The van der Waals surface area contributed by atoms with E-state index in [0.29, 0.717) is 0 Å². The van der Waals surface area contributed by atoms with Crippen molar-refractivity contribution in [1.29, 1.82) is 0 Å². The van der Waals surface area contributed by atoms with E-state index in [1.807, 2.05) is 0 Å². The molecule has 1 aliphatic rings. The number of carbonyl (C=O) groups excluding carboxylic acids is 2. The van der Waals surface area contributed by atoms with Gasteiger partial charge in [0.05, 0.1) is 0 Å². The van der Waals surface area contributed by atoms with Crippen molar-refractivity contribution in [3.8, 4) is 0 Å². The Hall–Kier alpha value is -1.79. The number of rotatable bonds is 2. The summed E-state index contributed by atoms with van der Waals surface area (Å²) in [7, 11) is 5.06. The lowest BCUT2D eigenvalue weighted by molar-refractivity contribution is 0.0708. The second kappa shape index (κ2) is 5.70. The van der Waals surface area contributed by atoms with Gasteiger partial charge in [-0.25, -0.2) is 14.3 Å². The molecule has 2 rings (SSSR count). The zero-order valence-corrected chi connectivity index (χ0v) is 9.91. The maximum atomic E-state index is 11.6. The predicted molar refractivity (Wildman–Crippen MR) is 64.4 cm³/mol. The molecular weight excluding hydrogens is 233 g/mol. The number of nitrogens with zero attached hydrogens (tertiary/aromatic N) is 2. The third-order valence-corrected chi connectivity index (χ3v) is 3.00. The summed E-state index contributed by atoms with van der Waals surface area (Å²) in [5.41, 5.74) is 0. The summed E-state index contributed by atoms with van der Waals surface area (Å²) in [4.78, 5) is 26.1. The van der Waals surface area contributed by atoms with E-state index in [-0.39, 0.29) is 12.1 Å². The number of nitrogens with one attached hydrogen (secondary N) is 1. The van der Waals surface area contributed by atoms with Crippen LogP contribution < -0.4 is 5.32 Å². The van der Waals surface area contributed by atoms with Crippen molar-refractivity contribution in [2.45, 2.75) is 37.8 Å². The van der Waals surface area contributed by atoms with Gasteiger partial charge in [0.25, 0.3) is 0 Å². The van der Waals surface area contributed by atoms with Gasteiger partial charge >= 0.3 is 6.09 Å². The van der Waals surface area contributed by atoms with Crippen LogP contribution in [0.2, 0.25) is 0 Å². The summed E-state index contributed by atoms with van der Waals surface area (Å²) in [5, 5.41) is 2.67. The summed E-state index contributed by atoms with van der Waals surface area (Å²) < 4.78 is 6.63. The largest absolute Gasteiger partial charge is 0.446 e. The Morgan fingerprint density at radius 2 is 2.06 bits per heavy atom. The molecule has 0 aliphatic heterocycles. The van der Waals surface area contributed by atoms with E-state index in [4.69, 9.17) is 12.6 Å². The van der Waals surface area contributed by atoms with Crippen molar-refractivity contribution < 1.29 is 14.3 Å². The molecule has 1 saturated carbocycles. The minimum Gasteiger partial charge on any atom is -0.446 e. The SMILES string of the molecule is [B]C(=O)NC1CCC(OC(=O)n2ccnc2)CC1. The van der Waals surface area contributed by atoms with E-state index in [1.165, 1.54) is 17.1 Å². The molecule has 1 fully saturated rings. The van der Waals surface area contributed by atoms with Crippen molar-refractivity contribution in [3.05, 3.63) is 18.7 Å². The predicted octanol–water partition coefficient (Wildman–Crippen LogP) is 1.06. The lowest BCUT2D eigenvalue weighted by atomic mass is 9.92. The van der Waals surface area contributed by atoms with Crippen LogP contribution in [0.4, 0.5) is 9.59 Å². The summed E-state index contributed by atoms with van der Waals surface area (Å²) >= 11 is 0. The molecule has 18 heavy (non-hydrogen) atoms. The number of carbonyl (C=O) groups is 2. The minimum atomic E-state index is -0.506. The van der Waals surface area contributed by atoms with Gasteiger partial charge in [0.1, 0.15) is 12.4 Å². The Labute approximate surface area is 106 Å². The lowest BCUT2D eigenvalue weighted by Gasteiger charge is -2.28. The van der Waals surface area contributed by atoms with E-state index in [0.717, 1.165) is 25.7 Å². The molecule has 1 N–H and O–H groups in total. The molecule has 0 unspecified atom stereocenters. The van der Waals surface area contributed by atoms with Gasteiger partial charge in [-0.2, -0.15) is 0 Å². The molecule has 0 bridgehead atoms. The van der Waals surface area contributed by atoms with Crippen LogP contribution in [-0.2, 0) is 4.74 Å². The van der Waals surface area contributed by atoms with E-state index < -0.39 is 11.9 Å². The Morgan fingerprint density at radius 1 is 1.33 bits per heavy atom. The summed E-state index contributed by atoms with van der Waals surface area (Å²) in [6.45, 7) is 0. The molecule has 94 valence electrons. The second-order valence-electron chi connectivity index (χ2n) is 4.34. The van der Waals surface area contributed by atoms with Crippen molar-refractivity contribution in [2.24, 2.45) is 0 Å². The van der Waals surface area contributed by atoms with Gasteiger partial charge in [0, 0.05) is 18.4 Å². The third kappa shape index (κ3) is 3.35. The van der Waals surface area contributed by atoms with Gasteiger partial charge in [0.2, 0.25) is 7.85 Å². The molecule has 0 atom stereocenters. The number of hydrogen-bond acceptors (Lipinski definition) is 4. The summed E-state index contributed by atoms with van der Waals surface area (Å²) in [6.07, 6.45) is 6.94. The summed E-state index contributed by atoms with van der Waals surface area (Å²) in [5.74, 6) is -0.506. The molecule has 1 amide bonds. The number of amides is 1. The minimum absolute atomic E-state index is 0.0886. The van der Waals surface area contributed by atoms with E-state index >= 15 is 0 Å². The first-order valence-corrected chi connectivity index (χ1v) is 5.90. The smallest absolute Gasteiger partial charge is 0.419 e. The molecule has 1 heterocycles. The molecule has 1 aromatic rings. The topological polar surface area (TPSA) is 73.2 Å². The molecule has 1 aliphatic carbocycles. The fourth-order valence-electron chi connectivity index (χ4n) is 2.10. The fraction of sp³-hybridized carbons (Fsp3) is 0.545. The Balaban J connectivity index is 1.77. The first-order valence-electron chi connectivity index (χ1n) is 5.90. The summed E-state index contributed by atoms with van der Waals surface area (Å²) in [6, 6.07) is 0.0886. The van der Waals surface area contributed by atoms with Crippen LogP contribution in [0.15, 0.2) is 18.7 Å². The zero-order valence-electron chi connectivity index (χ0n) is 9.91. The van der Waals surface area contributed by atoms with Crippen LogP contribution in [-0.4, -0.2) is 41.4 Å². The van der Waals surface area contributed by atoms with Crippen LogP contribution in [0.3, 0.4) is 0 Å². The maximum absolute atomic E-state index is 11.6. The average molecular weight is 247 g/mol. The average Bonchev–Trinajstić information content (AvgIpc) is 2.84. The van der Waals surface area contributed by atoms with Gasteiger partial charge < -0.3 is 10.1 Å². The Kier molecular flexibility index (Phi) is 4.01. The molecule has 0 aromatic carbocycles. The van der Waals surface area contributed by atoms with E-state index in [9.17, 15) is 9.59 Å². The number of hydrogen-bond donors (Lipinski definition) is 1. The lowest BCUT2D eigenvalue weighted by Crippen LogP contribution is -2.39. The monoisotopic (exact) mass is 247 g/mol. The van der Waals surface area contributed by atoms with Crippen molar-refractivity contribution >= 4 is 19.7 Å². The van der Waals surface area contributed by atoms with Gasteiger partial charge in [-0.15, -0.1) is 0 Å². The number of ether oxygens (including phenoxy) is 1. The van der Waals surface area contributed by atoms with Crippen molar-refractivity contribution in [3.63, 3.8) is 0 Å². The Morgan fingerprint density at radius 3 is 2.61 bits per heavy atom. The van der Waals surface area contributed by atoms with Crippen LogP contribution in [0.25, 0.3) is 0 Å². The van der Waals surface area contributed by atoms with Gasteiger partial charge in [-0.1, -0.05) is 0 Å². The van der Waals surface area contributed by atoms with Gasteiger partial charge in [-0.3, -0.25) is 4.79 Å². The van der Waals surface area contributed by atoms with E-state index in [1.54, 1.807) is 6.20 Å². The third-order valence-electron chi connectivity index (χ3n) is 3.00.